The molecule has 0 atom stereocenters. The number of H-pyrrole nitrogens is 1. The van der Waals surface area contributed by atoms with Crippen LogP contribution >= 0.6 is 0 Å². The molecule has 7 heteroatoms. The molecule has 25 heavy (non-hydrogen) atoms. The Labute approximate surface area is 144 Å². The molecule has 0 saturated heterocycles. The van der Waals surface area contributed by atoms with E-state index in [-0.39, 0.29) is 12.5 Å². The molecule has 3 N–H and O–H groups in total. The highest BCUT2D eigenvalue weighted by Crippen LogP contribution is 2.19. The fourth-order valence-electron chi connectivity index (χ4n) is 2.44. The molecule has 0 fully saturated rings. The molecule has 1 aromatic carbocycles. The van der Waals surface area contributed by atoms with E-state index in [1.807, 2.05) is 31.2 Å². The smallest absolute Gasteiger partial charge is 0.259 e. The molecule has 3 aromatic rings. The average Bonchev–Trinajstić information content (AvgIpc) is 2.96. The zero-order chi connectivity index (χ0) is 17.6. The quantitative estimate of drug-likeness (QED) is 0.489. The first-order chi connectivity index (χ1) is 12.1. The Morgan fingerprint density at radius 3 is 2.76 bits per heavy atom. The lowest BCUT2D eigenvalue weighted by Crippen LogP contribution is -2.34. The molecular formula is C18H17N5O2. The first kappa shape index (κ1) is 16.4. The van der Waals surface area contributed by atoms with Crippen molar-refractivity contribution in [2.45, 2.75) is 6.92 Å². The molecule has 126 valence electrons. The number of aryl methyl sites for hydroxylation is 1. The summed E-state index contributed by atoms with van der Waals surface area (Å²) in [6, 6.07) is 11.0. The highest BCUT2D eigenvalue weighted by molar-refractivity contribution is 6.01. The maximum atomic E-state index is 11.8. The largest absolute Gasteiger partial charge is 0.358 e. The summed E-state index contributed by atoms with van der Waals surface area (Å²) in [7, 11) is 0. The molecule has 0 aliphatic rings. The van der Waals surface area contributed by atoms with Gasteiger partial charge in [0.25, 0.3) is 11.8 Å². The van der Waals surface area contributed by atoms with Gasteiger partial charge in [-0.3, -0.25) is 14.6 Å². The minimum absolute atomic E-state index is 0.161. The van der Waals surface area contributed by atoms with Crippen LogP contribution in [-0.2, 0) is 4.79 Å². The molecule has 0 radical (unpaired) electrons. The first-order valence-electron chi connectivity index (χ1n) is 7.72. The van der Waals surface area contributed by atoms with Gasteiger partial charge >= 0.3 is 0 Å². The lowest BCUT2D eigenvalue weighted by atomic mass is 10.1. The number of para-hydroxylation sites is 1. The van der Waals surface area contributed by atoms with Crippen molar-refractivity contribution < 1.29 is 9.59 Å². The number of hydrogen-bond donors (Lipinski definition) is 3. The van der Waals surface area contributed by atoms with Crippen molar-refractivity contribution in [3.63, 3.8) is 0 Å². The number of rotatable bonds is 5. The molecule has 2 heterocycles. The predicted octanol–water partition coefficient (Wildman–Crippen LogP) is 1.75. The molecule has 2 aromatic heterocycles. The first-order valence-corrected chi connectivity index (χ1v) is 7.72. The van der Waals surface area contributed by atoms with Gasteiger partial charge in [0, 0.05) is 40.1 Å². The van der Waals surface area contributed by atoms with Crippen molar-refractivity contribution in [3.05, 3.63) is 65.6 Å². The third-order valence-electron chi connectivity index (χ3n) is 3.68. The van der Waals surface area contributed by atoms with Crippen LogP contribution in [0.15, 0.2) is 53.9 Å². The highest BCUT2D eigenvalue weighted by Gasteiger charge is 2.08. The van der Waals surface area contributed by atoms with Crippen molar-refractivity contribution in [2.24, 2.45) is 5.10 Å². The zero-order valence-corrected chi connectivity index (χ0v) is 13.6. The van der Waals surface area contributed by atoms with Gasteiger partial charge in [-0.25, -0.2) is 5.43 Å². The van der Waals surface area contributed by atoms with Gasteiger partial charge in [-0.1, -0.05) is 18.2 Å². The van der Waals surface area contributed by atoms with Crippen LogP contribution in [0.1, 0.15) is 21.6 Å². The average molecular weight is 335 g/mol. The summed E-state index contributed by atoms with van der Waals surface area (Å²) >= 11 is 0. The summed E-state index contributed by atoms with van der Waals surface area (Å²) in [5, 5.41) is 7.53. The van der Waals surface area contributed by atoms with Gasteiger partial charge in [-0.05, 0) is 25.1 Å². The number of aromatic amines is 1. The van der Waals surface area contributed by atoms with Crippen LogP contribution in [-0.4, -0.2) is 34.5 Å². The third kappa shape index (κ3) is 3.89. The standard InChI is InChI=1S/C18H17N5O2/c1-12-15(14-4-2-3-5-16(14)22-12)10-21-23-17(24)11-20-18(25)13-6-8-19-9-7-13/h2-10,22H,11H2,1H3,(H,20,25)(H,23,24). The van der Waals surface area contributed by atoms with Crippen LogP contribution in [0, 0.1) is 6.92 Å². The van der Waals surface area contributed by atoms with Crippen LogP contribution in [0.5, 0.6) is 0 Å². The Hall–Kier alpha value is -3.48. The third-order valence-corrected chi connectivity index (χ3v) is 3.68. The number of aromatic nitrogens is 2. The van der Waals surface area contributed by atoms with Crippen LogP contribution in [0.3, 0.4) is 0 Å². The van der Waals surface area contributed by atoms with Crippen LogP contribution < -0.4 is 10.7 Å². The molecule has 3 rings (SSSR count). The van der Waals surface area contributed by atoms with Gasteiger partial charge in [0.05, 0.1) is 12.8 Å². The monoisotopic (exact) mass is 335 g/mol. The number of hydrazone groups is 1. The zero-order valence-electron chi connectivity index (χ0n) is 13.6. The number of amides is 2. The van der Waals surface area contributed by atoms with Crippen molar-refractivity contribution in [1.29, 1.82) is 0 Å². The van der Waals surface area contributed by atoms with E-state index in [0.717, 1.165) is 22.2 Å². The van der Waals surface area contributed by atoms with Gasteiger partial charge in [0.2, 0.25) is 0 Å². The number of benzene rings is 1. The number of carbonyl (C=O) groups excluding carboxylic acids is 2. The lowest BCUT2D eigenvalue weighted by Gasteiger charge is -2.03. The highest BCUT2D eigenvalue weighted by atomic mass is 16.2. The summed E-state index contributed by atoms with van der Waals surface area (Å²) in [5.41, 5.74) is 5.74. The Balaban J connectivity index is 1.56. The molecule has 0 aliphatic heterocycles. The van der Waals surface area contributed by atoms with E-state index >= 15 is 0 Å². The van der Waals surface area contributed by atoms with E-state index in [0.29, 0.717) is 5.56 Å². The maximum Gasteiger partial charge on any atom is 0.259 e. The summed E-state index contributed by atoms with van der Waals surface area (Å²) in [6.07, 6.45) is 4.63. The fraction of sp³-hybridized carbons (Fsp3) is 0.111. The number of pyridine rings is 1. The summed E-state index contributed by atoms with van der Waals surface area (Å²) in [5.74, 6) is -0.745. The molecule has 0 bridgehead atoms. The molecule has 2 amide bonds. The molecule has 0 unspecified atom stereocenters. The molecule has 7 nitrogen and oxygen atoms in total. The number of fused-ring (bicyclic) bond motifs is 1. The Bertz CT molecular complexity index is 931. The van der Waals surface area contributed by atoms with Gasteiger partial charge in [0.1, 0.15) is 0 Å². The second-order valence-electron chi connectivity index (χ2n) is 5.42. The van der Waals surface area contributed by atoms with Gasteiger partial charge in [0.15, 0.2) is 0 Å². The summed E-state index contributed by atoms with van der Waals surface area (Å²) < 4.78 is 0. The second kappa shape index (κ2) is 7.39. The van der Waals surface area contributed by atoms with Gasteiger partial charge in [-0.15, -0.1) is 0 Å². The number of hydrogen-bond acceptors (Lipinski definition) is 4. The van der Waals surface area contributed by atoms with E-state index < -0.39 is 5.91 Å². The molecule has 0 spiro atoms. The van der Waals surface area contributed by atoms with Crippen molar-refractivity contribution in [2.75, 3.05) is 6.54 Å². The van der Waals surface area contributed by atoms with Crippen LogP contribution in [0.4, 0.5) is 0 Å². The van der Waals surface area contributed by atoms with Crippen LogP contribution in [0.25, 0.3) is 10.9 Å². The fourth-order valence-corrected chi connectivity index (χ4v) is 2.44. The molecular weight excluding hydrogens is 318 g/mol. The Morgan fingerprint density at radius 1 is 1.20 bits per heavy atom. The normalized spacial score (nSPS) is 10.9. The Kier molecular flexibility index (Phi) is 4.84. The lowest BCUT2D eigenvalue weighted by molar-refractivity contribution is -0.120. The number of nitrogens with one attached hydrogen (secondary N) is 3. The SMILES string of the molecule is Cc1[nH]c2ccccc2c1C=NNC(=O)CNC(=O)c1ccncc1. The molecule has 0 saturated carbocycles. The van der Waals surface area contributed by atoms with Gasteiger partial charge in [-0.2, -0.15) is 5.10 Å². The minimum atomic E-state index is -0.406. The minimum Gasteiger partial charge on any atom is -0.358 e. The predicted molar refractivity (Wildman–Crippen MR) is 95.3 cm³/mol. The van der Waals surface area contributed by atoms with Gasteiger partial charge < -0.3 is 10.3 Å². The van der Waals surface area contributed by atoms with Crippen molar-refractivity contribution in [1.82, 2.24) is 20.7 Å². The van der Waals surface area contributed by atoms with E-state index in [9.17, 15) is 9.59 Å². The number of carbonyl (C=O) groups is 2. The van der Waals surface area contributed by atoms with Crippen LogP contribution in [0.2, 0.25) is 0 Å². The van der Waals surface area contributed by atoms with E-state index in [4.69, 9.17) is 0 Å². The van der Waals surface area contributed by atoms with E-state index in [2.05, 4.69) is 25.8 Å². The molecule has 0 aliphatic carbocycles. The summed E-state index contributed by atoms with van der Waals surface area (Å²) in [6.45, 7) is 1.78. The number of nitrogens with zero attached hydrogens (tertiary/aromatic N) is 2. The van der Waals surface area contributed by atoms with E-state index in [1.54, 1.807) is 18.3 Å². The van der Waals surface area contributed by atoms with Crippen molar-refractivity contribution in [3.8, 4) is 0 Å². The topological polar surface area (TPSA) is 99.2 Å². The summed E-state index contributed by atoms with van der Waals surface area (Å²) in [4.78, 5) is 30.7. The van der Waals surface area contributed by atoms with Crippen molar-refractivity contribution >= 4 is 28.9 Å². The Morgan fingerprint density at radius 2 is 1.96 bits per heavy atom. The maximum absolute atomic E-state index is 11.8. The second-order valence-corrected chi connectivity index (χ2v) is 5.42. The van der Waals surface area contributed by atoms with E-state index in [1.165, 1.54) is 12.4 Å².